The molecule has 6 nitrogen and oxygen atoms in total. The zero-order valence-corrected chi connectivity index (χ0v) is 18.6. The van der Waals surface area contributed by atoms with Gasteiger partial charge >= 0.3 is 0 Å². The van der Waals surface area contributed by atoms with Crippen LogP contribution in [0.5, 0.6) is 0 Å². The van der Waals surface area contributed by atoms with Gasteiger partial charge in [-0.15, -0.1) is 0 Å². The third kappa shape index (κ3) is 5.64. The van der Waals surface area contributed by atoms with E-state index in [1.54, 1.807) is 0 Å². The Morgan fingerprint density at radius 1 is 1.06 bits per heavy atom. The molecule has 2 N–H and O–H groups in total. The van der Waals surface area contributed by atoms with Crippen molar-refractivity contribution in [1.29, 1.82) is 0 Å². The van der Waals surface area contributed by atoms with Crippen molar-refractivity contribution in [2.45, 2.75) is 64.0 Å². The summed E-state index contributed by atoms with van der Waals surface area (Å²) in [7, 11) is 0. The van der Waals surface area contributed by atoms with E-state index >= 15 is 0 Å². The topological polar surface area (TPSA) is 70.2 Å². The Bertz CT molecular complexity index is 926. The SMILES string of the molecule is Cc1nc(N[C@H]2CC[C@@H](NC(=O)c3ccc(F)c(Cl)c3)CC2)cc(N2CCCCC2)n1. The van der Waals surface area contributed by atoms with E-state index in [1.165, 1.54) is 37.5 Å². The number of piperidine rings is 1. The maximum atomic E-state index is 13.3. The zero-order chi connectivity index (χ0) is 21.8. The minimum Gasteiger partial charge on any atom is -0.367 e. The lowest BCUT2D eigenvalue weighted by Crippen LogP contribution is -2.40. The van der Waals surface area contributed by atoms with Crippen LogP contribution in [0.2, 0.25) is 5.02 Å². The molecule has 2 aliphatic rings. The Hall–Kier alpha value is -2.41. The van der Waals surface area contributed by atoms with Crippen LogP contribution in [0.3, 0.4) is 0 Å². The number of amides is 1. The molecule has 166 valence electrons. The van der Waals surface area contributed by atoms with Crippen LogP contribution in [0.4, 0.5) is 16.0 Å². The number of carbonyl (C=O) groups is 1. The summed E-state index contributed by atoms with van der Waals surface area (Å²) in [5, 5.41) is 6.58. The Kier molecular flexibility index (Phi) is 6.90. The molecule has 2 fully saturated rings. The van der Waals surface area contributed by atoms with E-state index < -0.39 is 5.82 Å². The zero-order valence-electron chi connectivity index (χ0n) is 17.8. The van der Waals surface area contributed by atoms with Gasteiger partial charge in [-0.25, -0.2) is 14.4 Å². The number of carbonyl (C=O) groups excluding carboxylic acids is 1. The summed E-state index contributed by atoms with van der Waals surface area (Å²) < 4.78 is 13.3. The lowest BCUT2D eigenvalue weighted by molar-refractivity contribution is 0.0926. The molecule has 0 spiro atoms. The number of anilines is 2. The summed E-state index contributed by atoms with van der Waals surface area (Å²) >= 11 is 5.79. The number of nitrogens with one attached hydrogen (secondary N) is 2. The fraction of sp³-hybridized carbons (Fsp3) is 0.522. The molecule has 8 heteroatoms. The number of rotatable bonds is 5. The van der Waals surface area contributed by atoms with Crippen molar-refractivity contribution in [3.05, 3.63) is 46.5 Å². The van der Waals surface area contributed by atoms with Gasteiger partial charge in [-0.05, 0) is 70.1 Å². The summed E-state index contributed by atoms with van der Waals surface area (Å²) in [4.78, 5) is 24.0. The molecule has 1 amide bonds. The molecule has 1 aromatic heterocycles. The number of halogens is 2. The maximum Gasteiger partial charge on any atom is 0.251 e. The third-order valence-corrected chi connectivity index (χ3v) is 6.39. The molecule has 1 saturated carbocycles. The summed E-state index contributed by atoms with van der Waals surface area (Å²) in [6, 6.07) is 6.53. The van der Waals surface area contributed by atoms with E-state index in [0.29, 0.717) is 11.6 Å². The Balaban J connectivity index is 1.30. The average molecular weight is 446 g/mol. The van der Waals surface area contributed by atoms with Crippen molar-refractivity contribution in [2.24, 2.45) is 0 Å². The second-order valence-electron chi connectivity index (χ2n) is 8.50. The minimum absolute atomic E-state index is 0.0374. The fourth-order valence-corrected chi connectivity index (χ4v) is 4.59. The lowest BCUT2D eigenvalue weighted by atomic mass is 9.91. The van der Waals surface area contributed by atoms with Crippen molar-refractivity contribution in [2.75, 3.05) is 23.3 Å². The highest BCUT2D eigenvalue weighted by Gasteiger charge is 2.24. The van der Waals surface area contributed by atoms with Gasteiger partial charge in [0.15, 0.2) is 0 Å². The lowest BCUT2D eigenvalue weighted by Gasteiger charge is -2.31. The largest absolute Gasteiger partial charge is 0.367 e. The number of aryl methyl sites for hydroxylation is 1. The quantitative estimate of drug-likeness (QED) is 0.696. The minimum atomic E-state index is -0.520. The van der Waals surface area contributed by atoms with Crippen LogP contribution in [-0.4, -0.2) is 41.0 Å². The van der Waals surface area contributed by atoms with E-state index in [2.05, 4.69) is 31.6 Å². The highest BCUT2D eigenvalue weighted by Crippen LogP contribution is 2.25. The molecular weight excluding hydrogens is 417 g/mol. The number of benzene rings is 1. The molecule has 1 aliphatic carbocycles. The maximum absolute atomic E-state index is 13.3. The van der Waals surface area contributed by atoms with Crippen molar-refractivity contribution in [1.82, 2.24) is 15.3 Å². The van der Waals surface area contributed by atoms with Gasteiger partial charge in [0.2, 0.25) is 0 Å². The van der Waals surface area contributed by atoms with Crippen LogP contribution in [-0.2, 0) is 0 Å². The van der Waals surface area contributed by atoms with Gasteiger partial charge in [0.25, 0.3) is 5.91 Å². The van der Waals surface area contributed by atoms with Crippen molar-refractivity contribution >= 4 is 29.1 Å². The standard InChI is InChI=1S/C23H29ClFN5O/c1-15-26-21(14-22(27-15)30-11-3-2-4-12-30)28-17-6-8-18(9-7-17)29-23(31)16-5-10-20(25)19(24)13-16/h5,10,13-14,17-18H,2-4,6-9,11-12H2,1H3,(H,29,31)(H,26,27,28)/t17-,18+. The first-order valence-corrected chi connectivity index (χ1v) is 11.5. The normalized spacial score (nSPS) is 21.6. The van der Waals surface area contributed by atoms with Gasteiger partial charge in [-0.2, -0.15) is 0 Å². The Morgan fingerprint density at radius 2 is 1.77 bits per heavy atom. The van der Waals surface area contributed by atoms with Gasteiger partial charge in [-0.3, -0.25) is 4.79 Å². The van der Waals surface area contributed by atoms with Gasteiger partial charge < -0.3 is 15.5 Å². The molecule has 4 rings (SSSR count). The predicted octanol–water partition coefficient (Wildman–Crippen LogP) is 4.72. The second-order valence-corrected chi connectivity index (χ2v) is 8.91. The molecule has 1 aliphatic heterocycles. The molecule has 2 aromatic rings. The van der Waals surface area contributed by atoms with Crippen molar-refractivity contribution in [3.8, 4) is 0 Å². The molecule has 0 radical (unpaired) electrons. The first-order valence-electron chi connectivity index (χ1n) is 11.1. The number of nitrogens with zero attached hydrogens (tertiary/aromatic N) is 3. The molecule has 0 atom stereocenters. The van der Waals surface area contributed by atoms with Crippen LogP contribution in [0.1, 0.15) is 61.1 Å². The molecule has 2 heterocycles. The Morgan fingerprint density at radius 3 is 2.48 bits per heavy atom. The van der Waals surface area contributed by atoms with E-state index in [1.807, 2.05) is 6.92 Å². The summed E-state index contributed by atoms with van der Waals surface area (Å²) in [5.74, 6) is 1.93. The number of hydrogen-bond acceptors (Lipinski definition) is 5. The van der Waals surface area contributed by atoms with E-state index in [-0.39, 0.29) is 17.0 Å². The monoisotopic (exact) mass is 445 g/mol. The van der Waals surface area contributed by atoms with Gasteiger partial charge in [0.05, 0.1) is 5.02 Å². The Labute approximate surface area is 187 Å². The van der Waals surface area contributed by atoms with Crippen LogP contribution in [0.25, 0.3) is 0 Å². The molecular formula is C23H29ClFN5O. The molecule has 0 bridgehead atoms. The number of hydrogen-bond donors (Lipinski definition) is 2. The van der Waals surface area contributed by atoms with E-state index in [4.69, 9.17) is 11.6 Å². The summed E-state index contributed by atoms with van der Waals surface area (Å²) in [5.41, 5.74) is 0.383. The smallest absolute Gasteiger partial charge is 0.251 e. The van der Waals surface area contributed by atoms with Crippen LogP contribution < -0.4 is 15.5 Å². The van der Waals surface area contributed by atoms with Crippen LogP contribution >= 0.6 is 11.6 Å². The van der Waals surface area contributed by atoms with Gasteiger partial charge in [0.1, 0.15) is 23.3 Å². The summed E-state index contributed by atoms with van der Waals surface area (Å²) in [6.07, 6.45) is 7.36. The molecule has 31 heavy (non-hydrogen) atoms. The van der Waals surface area contributed by atoms with Crippen LogP contribution in [0, 0.1) is 12.7 Å². The van der Waals surface area contributed by atoms with E-state index in [0.717, 1.165) is 56.2 Å². The van der Waals surface area contributed by atoms with Crippen LogP contribution in [0.15, 0.2) is 24.3 Å². The summed E-state index contributed by atoms with van der Waals surface area (Å²) in [6.45, 7) is 4.05. The van der Waals surface area contributed by atoms with Gasteiger partial charge in [-0.1, -0.05) is 11.6 Å². The molecule has 0 unspecified atom stereocenters. The fourth-order valence-electron chi connectivity index (χ4n) is 4.41. The highest BCUT2D eigenvalue weighted by atomic mass is 35.5. The predicted molar refractivity (Wildman–Crippen MR) is 121 cm³/mol. The molecule has 1 saturated heterocycles. The third-order valence-electron chi connectivity index (χ3n) is 6.10. The number of aromatic nitrogens is 2. The highest BCUT2D eigenvalue weighted by molar-refractivity contribution is 6.31. The molecule has 1 aromatic carbocycles. The first kappa shape index (κ1) is 21.8. The second kappa shape index (κ2) is 9.81. The first-order chi connectivity index (χ1) is 15.0. The van der Waals surface area contributed by atoms with E-state index in [9.17, 15) is 9.18 Å². The van der Waals surface area contributed by atoms with Crippen molar-refractivity contribution < 1.29 is 9.18 Å². The average Bonchev–Trinajstić information content (AvgIpc) is 2.77. The van der Waals surface area contributed by atoms with Crippen molar-refractivity contribution in [3.63, 3.8) is 0 Å². The van der Waals surface area contributed by atoms with Gasteiger partial charge in [0, 0.05) is 36.8 Å².